The lowest BCUT2D eigenvalue weighted by molar-refractivity contribution is -0.123. The van der Waals surface area contributed by atoms with Crippen LogP contribution < -0.4 is 4.74 Å². The molecule has 280 valence electrons. The van der Waals surface area contributed by atoms with Gasteiger partial charge in [-0.1, -0.05) is 48.4 Å². The number of Topliss-reactive ketones (excluding diaryl/α,β-unsaturated/α-hetero) is 2. The number of thiophene rings is 1. The third kappa shape index (κ3) is 7.34. The van der Waals surface area contributed by atoms with E-state index in [1.54, 1.807) is 29.5 Å². The quantitative estimate of drug-likeness (QED) is 0.0725. The summed E-state index contributed by atoms with van der Waals surface area (Å²) in [6, 6.07) is 11.3. The van der Waals surface area contributed by atoms with Crippen LogP contribution in [0.4, 0.5) is 0 Å². The molecule has 3 aliphatic rings. The number of ether oxygens (including phenoxy) is 2. The predicted molar refractivity (Wildman–Crippen MR) is 206 cm³/mol. The first kappa shape index (κ1) is 37.5. The number of nitrogens with zero attached hydrogens (tertiary/aromatic N) is 5. The zero-order chi connectivity index (χ0) is 38.1. The van der Waals surface area contributed by atoms with Gasteiger partial charge in [0.05, 0.1) is 29.5 Å². The van der Waals surface area contributed by atoms with E-state index in [0.717, 1.165) is 63.0 Å². The molecule has 2 aliphatic heterocycles. The summed E-state index contributed by atoms with van der Waals surface area (Å²) >= 11 is 7.91. The number of carbonyl (C=O) groups excluding carboxylic acids is 4. The van der Waals surface area contributed by atoms with Gasteiger partial charge in [-0.2, -0.15) is 0 Å². The maximum atomic E-state index is 13.4. The number of allylic oxidation sites excluding steroid dienone is 1. The number of carbonyl (C=O) groups is 4. The van der Waals surface area contributed by atoms with E-state index < -0.39 is 23.9 Å². The summed E-state index contributed by atoms with van der Waals surface area (Å²) in [5.41, 5.74) is 5.20. The molecule has 11 nitrogen and oxygen atoms in total. The van der Waals surface area contributed by atoms with Crippen molar-refractivity contribution >= 4 is 52.0 Å². The summed E-state index contributed by atoms with van der Waals surface area (Å²) in [4.78, 5) is 60.0. The zero-order valence-electron chi connectivity index (χ0n) is 30.7. The van der Waals surface area contributed by atoms with Crippen molar-refractivity contribution in [2.75, 3.05) is 19.8 Å². The van der Waals surface area contributed by atoms with E-state index >= 15 is 0 Å². The normalized spacial score (nSPS) is 18.0. The van der Waals surface area contributed by atoms with Gasteiger partial charge in [0, 0.05) is 46.9 Å². The molecule has 0 spiro atoms. The number of benzene rings is 2. The first-order chi connectivity index (χ1) is 26.0. The Morgan fingerprint density at radius 3 is 2.54 bits per heavy atom. The van der Waals surface area contributed by atoms with E-state index in [9.17, 15) is 19.2 Å². The molecule has 1 unspecified atom stereocenters. The summed E-state index contributed by atoms with van der Waals surface area (Å²) < 4.78 is 13.7. The number of hydrogen-bond acceptors (Lipinski definition) is 10. The lowest BCUT2D eigenvalue weighted by Crippen LogP contribution is -2.46. The maximum absolute atomic E-state index is 13.4. The summed E-state index contributed by atoms with van der Waals surface area (Å²) in [7, 11) is 0. The Hall–Kier alpha value is -4.78. The van der Waals surface area contributed by atoms with Gasteiger partial charge in [-0.3, -0.25) is 33.6 Å². The van der Waals surface area contributed by atoms with Crippen molar-refractivity contribution in [1.29, 1.82) is 0 Å². The van der Waals surface area contributed by atoms with Gasteiger partial charge in [0.25, 0.3) is 11.8 Å². The van der Waals surface area contributed by atoms with Crippen molar-refractivity contribution in [1.82, 2.24) is 19.7 Å². The van der Waals surface area contributed by atoms with Crippen LogP contribution in [-0.2, 0) is 14.3 Å². The Labute approximate surface area is 323 Å². The number of aryl methyl sites for hydroxylation is 2. The highest BCUT2D eigenvalue weighted by atomic mass is 35.5. The highest BCUT2D eigenvalue weighted by molar-refractivity contribution is 7.15. The van der Waals surface area contributed by atoms with Gasteiger partial charge in [0.15, 0.2) is 11.6 Å². The van der Waals surface area contributed by atoms with E-state index in [0.29, 0.717) is 42.5 Å². The number of fused-ring (bicyclic) bond motifs is 4. The molecule has 4 heterocycles. The minimum atomic E-state index is -0.776. The van der Waals surface area contributed by atoms with Crippen LogP contribution in [0.25, 0.3) is 5.00 Å². The van der Waals surface area contributed by atoms with E-state index in [4.69, 9.17) is 26.1 Å². The number of ketones is 2. The molecule has 13 heteroatoms. The molecule has 0 radical (unpaired) electrons. The van der Waals surface area contributed by atoms with Gasteiger partial charge >= 0.3 is 0 Å². The van der Waals surface area contributed by atoms with Crippen LogP contribution in [0.15, 0.2) is 59.6 Å². The smallest absolute Gasteiger partial charge is 0.266 e. The number of halogens is 1. The molecule has 1 fully saturated rings. The summed E-state index contributed by atoms with van der Waals surface area (Å²) in [5.74, 6) is 0.703. The number of aliphatic imine (C=N–C) groups is 1. The summed E-state index contributed by atoms with van der Waals surface area (Å²) in [6.45, 7) is 11.0. The molecule has 7 rings (SSSR count). The number of unbranched alkanes of at least 4 members (excludes halogenated alkanes) is 2. The molecule has 1 saturated carbocycles. The lowest BCUT2D eigenvalue weighted by atomic mass is 9.89. The molecule has 1 aliphatic carbocycles. The molecule has 54 heavy (non-hydrogen) atoms. The largest absolute Gasteiger partial charge is 0.490 e. The van der Waals surface area contributed by atoms with Gasteiger partial charge in [0.2, 0.25) is 0 Å². The van der Waals surface area contributed by atoms with Crippen molar-refractivity contribution in [3.63, 3.8) is 0 Å². The van der Waals surface area contributed by atoms with Crippen LogP contribution in [0.2, 0.25) is 5.02 Å². The third-order valence-corrected chi connectivity index (χ3v) is 11.7. The molecular formula is C41H42ClN5O6S. The Bertz CT molecular complexity index is 2190. The van der Waals surface area contributed by atoms with Gasteiger partial charge in [-0.05, 0) is 76.3 Å². The Kier molecular flexibility index (Phi) is 11.1. The molecule has 2 amide bonds. The molecular weight excluding hydrogens is 726 g/mol. The number of hydrogen-bond donors (Lipinski definition) is 0. The van der Waals surface area contributed by atoms with Crippen LogP contribution in [0.5, 0.6) is 5.75 Å². The van der Waals surface area contributed by atoms with Gasteiger partial charge in [0.1, 0.15) is 35.0 Å². The second-order valence-electron chi connectivity index (χ2n) is 14.0. The van der Waals surface area contributed by atoms with E-state index in [2.05, 4.69) is 35.2 Å². The standard InChI is InChI=1S/C41H42ClN5O6S/c1-23-12-17-32(33(49)21-23)47-39(50)30-10-8-11-34(36(30)40(47)51)53-20-19-52-18-7-5-6-9-29(48)22-31-38-45-44-26(4)46(38)41-35(24(2)25(3)54-41)37(43-31)27-13-15-28(42)16-14-27/h8,10-11,13-16,31-32H,1,5-7,9,12,17-22H2,2-4H3/t31-,32?/m0/s1. The number of rotatable bonds is 14. The van der Waals surface area contributed by atoms with Crippen LogP contribution in [-0.4, -0.2) is 74.6 Å². The van der Waals surface area contributed by atoms with Crippen LogP contribution >= 0.6 is 22.9 Å². The van der Waals surface area contributed by atoms with Crippen LogP contribution in [0.1, 0.15) is 111 Å². The fourth-order valence-electron chi connectivity index (χ4n) is 7.37. The lowest BCUT2D eigenvalue weighted by Gasteiger charge is -2.29. The Morgan fingerprint density at radius 1 is 0.963 bits per heavy atom. The number of aromatic nitrogens is 3. The third-order valence-electron chi connectivity index (χ3n) is 10.3. The van der Waals surface area contributed by atoms with Gasteiger partial charge in [-0.25, -0.2) is 0 Å². The van der Waals surface area contributed by atoms with Crippen molar-refractivity contribution in [2.45, 2.75) is 84.2 Å². The van der Waals surface area contributed by atoms with E-state index in [1.807, 2.05) is 31.2 Å². The molecule has 2 aromatic carbocycles. The summed E-state index contributed by atoms with van der Waals surface area (Å²) in [6.07, 6.45) is 4.11. The number of amides is 2. The molecule has 0 saturated heterocycles. The molecule has 2 aromatic heterocycles. The minimum Gasteiger partial charge on any atom is -0.490 e. The zero-order valence-corrected chi connectivity index (χ0v) is 32.2. The Morgan fingerprint density at radius 2 is 1.76 bits per heavy atom. The van der Waals surface area contributed by atoms with Crippen LogP contribution in [0.3, 0.4) is 0 Å². The van der Waals surface area contributed by atoms with E-state index in [1.165, 1.54) is 4.88 Å². The van der Waals surface area contributed by atoms with Crippen molar-refractivity contribution in [3.8, 4) is 10.8 Å². The van der Waals surface area contributed by atoms with E-state index in [-0.39, 0.29) is 48.7 Å². The second kappa shape index (κ2) is 15.9. The second-order valence-corrected chi connectivity index (χ2v) is 15.7. The SMILES string of the molecule is C=C1CCC(N2C(=O)c3cccc(OCCOCCCCCC(=O)C[C@@H]4N=C(c5ccc(Cl)cc5)c5c(sc(C)c5C)-n5c(C)nnc54)c3C2=O)C(=O)C1. The first-order valence-corrected chi connectivity index (χ1v) is 19.5. The fourth-order valence-corrected chi connectivity index (χ4v) is 8.71. The van der Waals surface area contributed by atoms with Crippen molar-refractivity contribution in [2.24, 2.45) is 4.99 Å². The highest BCUT2D eigenvalue weighted by Crippen LogP contribution is 2.40. The number of imide groups is 1. The average molecular weight is 768 g/mol. The average Bonchev–Trinajstić information content (AvgIpc) is 3.72. The van der Waals surface area contributed by atoms with Gasteiger partial charge < -0.3 is 9.47 Å². The summed E-state index contributed by atoms with van der Waals surface area (Å²) in [5, 5.41) is 10.5. The molecule has 4 aromatic rings. The van der Waals surface area contributed by atoms with Crippen molar-refractivity contribution < 1.29 is 28.7 Å². The van der Waals surface area contributed by atoms with Crippen molar-refractivity contribution in [3.05, 3.63) is 104 Å². The molecule has 0 N–H and O–H groups in total. The molecule has 0 bridgehead atoms. The molecule has 2 atom stereocenters. The predicted octanol–water partition coefficient (Wildman–Crippen LogP) is 7.69. The highest BCUT2D eigenvalue weighted by Gasteiger charge is 2.45. The first-order valence-electron chi connectivity index (χ1n) is 18.3. The Balaban J connectivity index is 0.889. The van der Waals surface area contributed by atoms with Crippen LogP contribution in [0, 0.1) is 20.8 Å². The maximum Gasteiger partial charge on any atom is 0.266 e. The monoisotopic (exact) mass is 767 g/mol. The topological polar surface area (TPSA) is 133 Å². The van der Waals surface area contributed by atoms with Gasteiger partial charge in [-0.15, -0.1) is 21.5 Å². The minimum absolute atomic E-state index is 0.110. The fraction of sp³-hybridized carbons (Fsp3) is 0.390.